The van der Waals surface area contributed by atoms with Crippen molar-refractivity contribution in [3.63, 3.8) is 0 Å². The molecule has 0 spiro atoms. The van der Waals surface area contributed by atoms with E-state index in [0.29, 0.717) is 0 Å². The molecule has 0 saturated carbocycles. The lowest BCUT2D eigenvalue weighted by Crippen LogP contribution is -2.22. The lowest BCUT2D eigenvalue weighted by molar-refractivity contribution is 0.0745. The second-order valence-electron chi connectivity index (χ2n) is 2.91. The Bertz CT molecular complexity index is 210. The predicted octanol–water partition coefficient (Wildman–Crippen LogP) is -0.439. The summed E-state index contributed by atoms with van der Waals surface area (Å²) >= 11 is 0. The van der Waals surface area contributed by atoms with Crippen molar-refractivity contribution in [2.24, 2.45) is 11.5 Å². The van der Waals surface area contributed by atoms with Gasteiger partial charge in [0.25, 0.3) is 0 Å². The highest BCUT2D eigenvalue weighted by molar-refractivity contribution is 5.64. The number of rotatable bonds is 4. The summed E-state index contributed by atoms with van der Waals surface area (Å²) in [5.41, 5.74) is 9.17. The van der Waals surface area contributed by atoms with Gasteiger partial charge in [0.05, 0.1) is 12.7 Å². The third-order valence-corrected chi connectivity index (χ3v) is 1.04. The molecule has 0 rings (SSSR count). The summed E-state index contributed by atoms with van der Waals surface area (Å²) < 4.78 is 8.48. The van der Waals surface area contributed by atoms with Gasteiger partial charge >= 0.3 is 12.2 Å². The fraction of sp³-hybridized carbons (Fsp3) is 0.778. The van der Waals surface area contributed by atoms with E-state index in [4.69, 9.17) is 10.2 Å². The van der Waals surface area contributed by atoms with Crippen LogP contribution in [0.15, 0.2) is 0 Å². The van der Waals surface area contributed by atoms with Crippen LogP contribution >= 0.6 is 0 Å². The minimum Gasteiger partial charge on any atom is -0.447 e. The van der Waals surface area contributed by atoms with Gasteiger partial charge in [0.1, 0.15) is 12.7 Å². The molecular weight excluding hydrogens is 232 g/mol. The summed E-state index contributed by atoms with van der Waals surface area (Å²) in [5.74, 6) is 0. The molecule has 0 aliphatic heterocycles. The zero-order valence-corrected chi connectivity index (χ0v) is 9.25. The highest BCUT2D eigenvalue weighted by atomic mass is 16.6. The maximum Gasteiger partial charge on any atom is 0.404 e. The van der Waals surface area contributed by atoms with Crippen LogP contribution in [-0.2, 0) is 9.47 Å². The molecule has 2 atom stereocenters. The number of ether oxygens (including phenoxy) is 2. The number of hydrogen-bond donors (Lipinski definition) is 4. The van der Waals surface area contributed by atoms with Crippen LogP contribution in [0.1, 0.15) is 21.3 Å². The fourth-order valence-electron chi connectivity index (χ4n) is 0.438. The molecule has 0 aromatic rings. The normalized spacial score (nSPS) is 12.0. The number of carbonyl (C=O) groups excluding carboxylic acids is 2. The molecule has 0 radical (unpaired) electrons. The van der Waals surface area contributed by atoms with E-state index < -0.39 is 24.4 Å². The molecule has 8 heteroatoms. The Balaban J connectivity index is -0.000000218. The van der Waals surface area contributed by atoms with Gasteiger partial charge < -0.3 is 31.2 Å². The fourth-order valence-corrected chi connectivity index (χ4v) is 0.438. The summed E-state index contributed by atoms with van der Waals surface area (Å²) in [6.07, 6.45) is -2.84. The van der Waals surface area contributed by atoms with Crippen molar-refractivity contribution >= 4 is 12.2 Å². The first-order valence-corrected chi connectivity index (χ1v) is 4.46. The van der Waals surface area contributed by atoms with Gasteiger partial charge in [-0.15, -0.1) is 0 Å². The second-order valence-corrected chi connectivity index (χ2v) is 2.91. The van der Waals surface area contributed by atoms with Gasteiger partial charge in [0.15, 0.2) is 0 Å². The maximum absolute atomic E-state index is 9.86. The van der Waals surface area contributed by atoms with E-state index in [9.17, 15) is 9.59 Å². The molecule has 0 fully saturated rings. The standard InChI is InChI=1S/2C4H9NO3.CH4/c1-3(6)2-8-4(5)7;1-3(2-6)8-4(5)7;/h2*3,6H,2H2,1H3,(H2,5,7);1H4. The Morgan fingerprint density at radius 3 is 1.82 bits per heavy atom. The monoisotopic (exact) mass is 254 g/mol. The van der Waals surface area contributed by atoms with Crippen LogP contribution in [0, 0.1) is 0 Å². The summed E-state index contributed by atoms with van der Waals surface area (Å²) in [4.78, 5) is 19.7. The molecule has 0 bridgehead atoms. The van der Waals surface area contributed by atoms with E-state index in [2.05, 4.69) is 20.9 Å². The number of amides is 2. The third-order valence-electron chi connectivity index (χ3n) is 1.04. The SMILES string of the molecule is C.CC(CO)OC(N)=O.CC(O)COC(N)=O. The van der Waals surface area contributed by atoms with Crippen molar-refractivity contribution < 1.29 is 29.3 Å². The van der Waals surface area contributed by atoms with E-state index in [-0.39, 0.29) is 20.6 Å². The quantitative estimate of drug-likeness (QED) is 0.535. The van der Waals surface area contributed by atoms with Crippen molar-refractivity contribution in [1.82, 2.24) is 0 Å². The molecule has 6 N–H and O–H groups in total. The number of hydrogen-bond acceptors (Lipinski definition) is 6. The average Bonchev–Trinajstić information content (AvgIpc) is 2.14. The number of aliphatic hydroxyl groups excluding tert-OH is 2. The van der Waals surface area contributed by atoms with Crippen LogP contribution < -0.4 is 11.5 Å². The molecule has 8 nitrogen and oxygen atoms in total. The van der Waals surface area contributed by atoms with E-state index in [0.717, 1.165) is 0 Å². The van der Waals surface area contributed by atoms with Crippen molar-refractivity contribution in [1.29, 1.82) is 0 Å². The lowest BCUT2D eigenvalue weighted by Gasteiger charge is -2.05. The van der Waals surface area contributed by atoms with Crippen LogP contribution in [0.3, 0.4) is 0 Å². The van der Waals surface area contributed by atoms with Gasteiger partial charge in [-0.1, -0.05) is 7.43 Å². The smallest absolute Gasteiger partial charge is 0.404 e. The molecule has 0 aliphatic carbocycles. The van der Waals surface area contributed by atoms with Crippen LogP contribution in [0.25, 0.3) is 0 Å². The molecule has 104 valence electrons. The van der Waals surface area contributed by atoms with Crippen molar-refractivity contribution in [2.45, 2.75) is 33.5 Å². The Kier molecular flexibility index (Phi) is 15.3. The van der Waals surface area contributed by atoms with E-state index in [1.54, 1.807) is 6.92 Å². The van der Waals surface area contributed by atoms with E-state index in [1.807, 2.05) is 0 Å². The van der Waals surface area contributed by atoms with Gasteiger partial charge in [0.2, 0.25) is 0 Å². The van der Waals surface area contributed by atoms with Crippen LogP contribution in [0.5, 0.6) is 0 Å². The first-order valence-electron chi connectivity index (χ1n) is 4.46. The Hall–Kier alpha value is -1.54. The van der Waals surface area contributed by atoms with Crippen molar-refractivity contribution in [2.75, 3.05) is 13.2 Å². The maximum atomic E-state index is 9.86. The van der Waals surface area contributed by atoms with Gasteiger partial charge in [-0.2, -0.15) is 0 Å². The highest BCUT2D eigenvalue weighted by Gasteiger charge is 2.01. The largest absolute Gasteiger partial charge is 0.447 e. The number of primary amides is 2. The summed E-state index contributed by atoms with van der Waals surface area (Å²) in [6.45, 7) is 2.83. The van der Waals surface area contributed by atoms with Crippen LogP contribution in [0.4, 0.5) is 9.59 Å². The summed E-state index contributed by atoms with van der Waals surface area (Å²) in [6, 6.07) is 0. The first kappa shape index (κ1) is 20.8. The molecule has 0 aliphatic rings. The Morgan fingerprint density at radius 2 is 1.71 bits per heavy atom. The minimum absolute atomic E-state index is 0. The average molecular weight is 254 g/mol. The zero-order valence-electron chi connectivity index (χ0n) is 9.25. The zero-order chi connectivity index (χ0) is 13.1. The molecule has 0 saturated heterocycles. The minimum atomic E-state index is -0.856. The molecule has 0 heterocycles. The number of aliphatic hydroxyl groups is 2. The Morgan fingerprint density at radius 1 is 1.24 bits per heavy atom. The third kappa shape index (κ3) is 25.1. The predicted molar refractivity (Wildman–Crippen MR) is 61.2 cm³/mol. The topological polar surface area (TPSA) is 145 Å². The summed E-state index contributed by atoms with van der Waals surface area (Å²) in [7, 11) is 0. The first-order chi connectivity index (χ1) is 7.29. The van der Waals surface area contributed by atoms with E-state index in [1.165, 1.54) is 6.92 Å². The number of nitrogens with two attached hydrogens (primary N) is 2. The Labute approximate surface area is 100 Å². The number of carbonyl (C=O) groups is 2. The van der Waals surface area contributed by atoms with Crippen molar-refractivity contribution in [3.05, 3.63) is 0 Å². The molecule has 0 aromatic carbocycles. The summed E-state index contributed by atoms with van der Waals surface area (Å²) in [5, 5.41) is 16.7. The van der Waals surface area contributed by atoms with Gasteiger partial charge in [-0.3, -0.25) is 0 Å². The van der Waals surface area contributed by atoms with Gasteiger partial charge in [0, 0.05) is 0 Å². The molecule has 2 amide bonds. The lowest BCUT2D eigenvalue weighted by atomic mass is 10.4. The molecular formula is C9H22N2O6. The van der Waals surface area contributed by atoms with Crippen LogP contribution in [-0.4, -0.2) is 47.8 Å². The van der Waals surface area contributed by atoms with Crippen LogP contribution in [0.2, 0.25) is 0 Å². The second kappa shape index (κ2) is 12.5. The molecule has 17 heavy (non-hydrogen) atoms. The van der Waals surface area contributed by atoms with Gasteiger partial charge in [-0.05, 0) is 13.8 Å². The molecule has 2 unspecified atom stereocenters. The van der Waals surface area contributed by atoms with E-state index >= 15 is 0 Å². The van der Waals surface area contributed by atoms with Gasteiger partial charge in [-0.25, -0.2) is 9.59 Å². The van der Waals surface area contributed by atoms with Crippen molar-refractivity contribution in [3.8, 4) is 0 Å². The molecule has 0 aromatic heterocycles. The highest BCUT2D eigenvalue weighted by Crippen LogP contribution is 1.85.